The molecule has 0 aliphatic heterocycles. The molecular weight excluding hydrogens is 330 g/mol. The molecular formula is C21H23NO4. The lowest BCUT2D eigenvalue weighted by Crippen LogP contribution is -2.34. The van der Waals surface area contributed by atoms with E-state index in [0.717, 1.165) is 30.4 Å². The molecule has 0 heterocycles. The molecule has 1 aliphatic carbocycles. The number of amides is 1. The number of rotatable bonds is 6. The van der Waals surface area contributed by atoms with Gasteiger partial charge in [0.25, 0.3) is 5.91 Å². The van der Waals surface area contributed by atoms with Gasteiger partial charge in [0, 0.05) is 0 Å². The van der Waals surface area contributed by atoms with Crippen LogP contribution in [0.2, 0.25) is 0 Å². The normalized spacial score (nSPS) is 15.7. The highest BCUT2D eigenvalue weighted by molar-refractivity contribution is 5.81. The van der Waals surface area contributed by atoms with Crippen molar-refractivity contribution >= 4 is 11.9 Å². The van der Waals surface area contributed by atoms with E-state index >= 15 is 0 Å². The van der Waals surface area contributed by atoms with Crippen LogP contribution in [-0.4, -0.2) is 25.6 Å². The molecule has 0 bridgehead atoms. The van der Waals surface area contributed by atoms with Crippen molar-refractivity contribution in [2.75, 3.05) is 13.7 Å². The SMILES string of the molecule is COc1cccc(CC(=O)OCC(=O)N[C@H]2CCCc3ccccc32)c1. The van der Waals surface area contributed by atoms with E-state index in [9.17, 15) is 9.59 Å². The molecule has 5 heteroatoms. The zero-order valence-electron chi connectivity index (χ0n) is 14.9. The Balaban J connectivity index is 1.49. The summed E-state index contributed by atoms with van der Waals surface area (Å²) in [5.41, 5.74) is 3.23. The monoisotopic (exact) mass is 353 g/mol. The predicted octanol–water partition coefficient (Wildman–Crippen LogP) is 2.97. The van der Waals surface area contributed by atoms with Crippen molar-refractivity contribution in [3.05, 3.63) is 65.2 Å². The molecule has 1 N–H and O–H groups in total. The second kappa shape index (κ2) is 8.52. The van der Waals surface area contributed by atoms with E-state index in [1.165, 1.54) is 5.56 Å². The predicted molar refractivity (Wildman–Crippen MR) is 97.9 cm³/mol. The Labute approximate surface area is 153 Å². The lowest BCUT2D eigenvalue weighted by molar-refractivity contribution is -0.148. The van der Waals surface area contributed by atoms with Gasteiger partial charge in [0.1, 0.15) is 5.75 Å². The summed E-state index contributed by atoms with van der Waals surface area (Å²) < 4.78 is 10.3. The molecule has 1 amide bonds. The maximum absolute atomic E-state index is 12.2. The fourth-order valence-electron chi connectivity index (χ4n) is 3.29. The van der Waals surface area contributed by atoms with Crippen LogP contribution in [0.5, 0.6) is 5.75 Å². The van der Waals surface area contributed by atoms with Crippen LogP contribution < -0.4 is 10.1 Å². The van der Waals surface area contributed by atoms with Gasteiger partial charge < -0.3 is 14.8 Å². The third-order valence-electron chi connectivity index (χ3n) is 4.55. The van der Waals surface area contributed by atoms with Gasteiger partial charge >= 0.3 is 5.97 Å². The Bertz CT molecular complexity index is 787. The summed E-state index contributed by atoms with van der Waals surface area (Å²) in [6, 6.07) is 15.4. The van der Waals surface area contributed by atoms with Crippen LogP contribution in [0, 0.1) is 0 Å². The van der Waals surface area contributed by atoms with Gasteiger partial charge in [-0.3, -0.25) is 9.59 Å². The van der Waals surface area contributed by atoms with Crippen LogP contribution in [0.1, 0.15) is 35.6 Å². The van der Waals surface area contributed by atoms with E-state index in [1.807, 2.05) is 36.4 Å². The Morgan fingerprint density at radius 2 is 2.00 bits per heavy atom. The van der Waals surface area contributed by atoms with Gasteiger partial charge in [-0.05, 0) is 48.1 Å². The summed E-state index contributed by atoms with van der Waals surface area (Å²) in [4.78, 5) is 24.1. The topological polar surface area (TPSA) is 64.6 Å². The number of aryl methyl sites for hydroxylation is 1. The quantitative estimate of drug-likeness (QED) is 0.811. The minimum Gasteiger partial charge on any atom is -0.497 e. The standard InChI is InChI=1S/C21H23NO4/c1-25-17-9-4-6-15(12-17)13-21(24)26-14-20(23)22-19-11-5-8-16-7-2-3-10-18(16)19/h2-4,6-7,9-10,12,19H,5,8,11,13-14H2,1H3,(H,22,23)/t19-/m0/s1. The van der Waals surface area contributed by atoms with Crippen molar-refractivity contribution in [1.82, 2.24) is 5.32 Å². The highest BCUT2D eigenvalue weighted by atomic mass is 16.5. The molecule has 0 aromatic heterocycles. The van der Waals surface area contributed by atoms with Crippen LogP contribution in [0.25, 0.3) is 0 Å². The number of benzene rings is 2. The van der Waals surface area contributed by atoms with Gasteiger partial charge in [0.05, 0.1) is 19.6 Å². The van der Waals surface area contributed by atoms with Crippen molar-refractivity contribution in [3.63, 3.8) is 0 Å². The number of hydrogen-bond acceptors (Lipinski definition) is 4. The highest BCUT2D eigenvalue weighted by Crippen LogP contribution is 2.29. The second-order valence-electron chi connectivity index (χ2n) is 6.40. The van der Waals surface area contributed by atoms with Crippen LogP contribution in [0.4, 0.5) is 0 Å². The molecule has 3 rings (SSSR count). The van der Waals surface area contributed by atoms with Crippen molar-refractivity contribution < 1.29 is 19.1 Å². The number of methoxy groups -OCH3 is 1. The van der Waals surface area contributed by atoms with Crippen LogP contribution in [0.3, 0.4) is 0 Å². The smallest absolute Gasteiger partial charge is 0.310 e. The van der Waals surface area contributed by atoms with Gasteiger partial charge in [-0.1, -0.05) is 36.4 Å². The second-order valence-corrected chi connectivity index (χ2v) is 6.40. The minimum absolute atomic E-state index is 0.00969. The molecule has 0 saturated carbocycles. The molecule has 1 aliphatic rings. The Hall–Kier alpha value is -2.82. The lowest BCUT2D eigenvalue weighted by Gasteiger charge is -2.26. The molecule has 2 aromatic rings. The zero-order valence-corrected chi connectivity index (χ0v) is 14.9. The number of carbonyl (C=O) groups excluding carboxylic acids is 2. The van der Waals surface area contributed by atoms with E-state index < -0.39 is 5.97 Å². The third-order valence-corrected chi connectivity index (χ3v) is 4.55. The molecule has 0 spiro atoms. The number of esters is 1. The molecule has 0 unspecified atom stereocenters. The van der Waals surface area contributed by atoms with Crippen molar-refractivity contribution in [2.45, 2.75) is 31.7 Å². The first-order valence-electron chi connectivity index (χ1n) is 8.81. The number of fused-ring (bicyclic) bond motifs is 1. The fraction of sp³-hybridized carbons (Fsp3) is 0.333. The molecule has 0 radical (unpaired) electrons. The number of ether oxygens (including phenoxy) is 2. The summed E-state index contributed by atoms with van der Waals surface area (Å²) in [5, 5.41) is 2.98. The summed E-state index contributed by atoms with van der Waals surface area (Å²) in [5.74, 6) is -0.0212. The van der Waals surface area contributed by atoms with Crippen molar-refractivity contribution in [3.8, 4) is 5.75 Å². The van der Waals surface area contributed by atoms with Gasteiger partial charge in [-0.2, -0.15) is 0 Å². The van der Waals surface area contributed by atoms with Crippen LogP contribution >= 0.6 is 0 Å². The first-order valence-corrected chi connectivity index (χ1v) is 8.81. The molecule has 136 valence electrons. The minimum atomic E-state index is -0.433. The van der Waals surface area contributed by atoms with E-state index in [-0.39, 0.29) is 25.0 Å². The van der Waals surface area contributed by atoms with Gasteiger partial charge in [-0.15, -0.1) is 0 Å². The molecule has 0 saturated heterocycles. The first-order chi connectivity index (χ1) is 12.7. The first kappa shape index (κ1) is 18.0. The number of carbonyl (C=O) groups is 2. The highest BCUT2D eigenvalue weighted by Gasteiger charge is 2.21. The van der Waals surface area contributed by atoms with E-state index in [1.54, 1.807) is 13.2 Å². The van der Waals surface area contributed by atoms with E-state index in [0.29, 0.717) is 5.75 Å². The van der Waals surface area contributed by atoms with Gasteiger partial charge in [0.15, 0.2) is 6.61 Å². The molecule has 2 aromatic carbocycles. The summed E-state index contributed by atoms with van der Waals surface area (Å²) in [6.45, 7) is -0.262. The molecule has 26 heavy (non-hydrogen) atoms. The Morgan fingerprint density at radius 3 is 2.85 bits per heavy atom. The maximum Gasteiger partial charge on any atom is 0.310 e. The summed E-state index contributed by atoms with van der Waals surface area (Å²) >= 11 is 0. The zero-order chi connectivity index (χ0) is 18.4. The van der Waals surface area contributed by atoms with E-state index in [4.69, 9.17) is 9.47 Å². The van der Waals surface area contributed by atoms with Gasteiger partial charge in [0.2, 0.25) is 0 Å². The average Bonchev–Trinajstić information content (AvgIpc) is 2.67. The molecule has 1 atom stereocenters. The summed E-state index contributed by atoms with van der Waals surface area (Å²) in [7, 11) is 1.57. The Morgan fingerprint density at radius 1 is 1.15 bits per heavy atom. The average molecular weight is 353 g/mol. The lowest BCUT2D eigenvalue weighted by atomic mass is 9.88. The van der Waals surface area contributed by atoms with Crippen LogP contribution in [0.15, 0.2) is 48.5 Å². The van der Waals surface area contributed by atoms with Gasteiger partial charge in [-0.25, -0.2) is 0 Å². The Kier molecular flexibility index (Phi) is 5.89. The van der Waals surface area contributed by atoms with Crippen molar-refractivity contribution in [1.29, 1.82) is 0 Å². The largest absolute Gasteiger partial charge is 0.497 e. The maximum atomic E-state index is 12.2. The van der Waals surface area contributed by atoms with Crippen LogP contribution in [-0.2, 0) is 27.2 Å². The summed E-state index contributed by atoms with van der Waals surface area (Å²) in [6.07, 6.45) is 3.09. The number of nitrogens with one attached hydrogen (secondary N) is 1. The number of hydrogen-bond donors (Lipinski definition) is 1. The molecule has 5 nitrogen and oxygen atoms in total. The fourth-order valence-corrected chi connectivity index (χ4v) is 3.29. The third kappa shape index (κ3) is 4.63. The van der Waals surface area contributed by atoms with Crippen molar-refractivity contribution in [2.24, 2.45) is 0 Å². The molecule has 0 fully saturated rings. The van der Waals surface area contributed by atoms with E-state index in [2.05, 4.69) is 11.4 Å².